The lowest BCUT2D eigenvalue weighted by Crippen LogP contribution is -2.26. The molecule has 1 N–H and O–H groups in total. The average molecular weight is 487 g/mol. The predicted molar refractivity (Wildman–Crippen MR) is 120 cm³/mol. The minimum Gasteiger partial charge on any atom is -0.493 e. The van der Waals surface area contributed by atoms with Gasteiger partial charge in [-0.15, -0.1) is 0 Å². The summed E-state index contributed by atoms with van der Waals surface area (Å²) in [6.45, 7) is 1.87. The maximum Gasteiger partial charge on any atom is 0.253 e. The zero-order chi connectivity index (χ0) is 22.4. The summed E-state index contributed by atoms with van der Waals surface area (Å²) in [5.74, 6) is 2.32. The molecule has 2 aromatic carbocycles. The Balaban J connectivity index is 1.71. The Morgan fingerprint density at radius 3 is 2.26 bits per heavy atom. The van der Waals surface area contributed by atoms with Crippen molar-refractivity contribution in [2.24, 2.45) is 0 Å². The minimum atomic E-state index is -0.307. The van der Waals surface area contributed by atoms with E-state index in [0.29, 0.717) is 34.4 Å². The molecular formula is C23H23BrN2O5. The van der Waals surface area contributed by atoms with E-state index in [4.69, 9.17) is 18.9 Å². The number of carbonyl (C=O) groups excluding carboxylic acids is 1. The van der Waals surface area contributed by atoms with E-state index < -0.39 is 0 Å². The fraction of sp³-hybridized carbons (Fsp3) is 0.217. The molecule has 0 aliphatic carbocycles. The number of hydrogen-bond donors (Lipinski definition) is 1. The fourth-order valence-corrected chi connectivity index (χ4v) is 3.32. The number of aromatic nitrogens is 1. The fourth-order valence-electron chi connectivity index (χ4n) is 2.94. The third-order valence-corrected chi connectivity index (χ3v) is 5.04. The monoisotopic (exact) mass is 486 g/mol. The van der Waals surface area contributed by atoms with E-state index in [0.717, 1.165) is 10.0 Å². The Morgan fingerprint density at radius 2 is 1.71 bits per heavy atom. The van der Waals surface area contributed by atoms with Gasteiger partial charge >= 0.3 is 0 Å². The van der Waals surface area contributed by atoms with E-state index in [1.807, 2.05) is 31.2 Å². The van der Waals surface area contributed by atoms with Gasteiger partial charge in [0.25, 0.3) is 5.91 Å². The second-order valence-electron chi connectivity index (χ2n) is 6.60. The molecular weight excluding hydrogens is 464 g/mol. The van der Waals surface area contributed by atoms with Gasteiger partial charge in [-0.2, -0.15) is 0 Å². The normalized spacial score (nSPS) is 11.4. The van der Waals surface area contributed by atoms with Crippen molar-refractivity contribution in [1.29, 1.82) is 0 Å². The molecule has 0 spiro atoms. The van der Waals surface area contributed by atoms with Crippen LogP contribution in [0.2, 0.25) is 0 Å². The van der Waals surface area contributed by atoms with Crippen molar-refractivity contribution >= 4 is 21.8 Å². The van der Waals surface area contributed by atoms with Crippen molar-refractivity contribution in [3.8, 4) is 28.9 Å². The number of ether oxygens (including phenoxy) is 4. The summed E-state index contributed by atoms with van der Waals surface area (Å²) in [6, 6.07) is 14.1. The smallest absolute Gasteiger partial charge is 0.253 e. The van der Waals surface area contributed by atoms with Crippen LogP contribution in [0, 0.1) is 0 Å². The Kier molecular flexibility index (Phi) is 7.36. The number of carbonyl (C=O) groups is 1. The molecule has 0 saturated carbocycles. The number of halogens is 1. The van der Waals surface area contributed by atoms with E-state index in [1.165, 1.54) is 6.20 Å². The number of nitrogens with zero attached hydrogens (tertiary/aromatic N) is 1. The predicted octanol–water partition coefficient (Wildman–Crippen LogP) is 5.15. The standard InChI is InChI=1S/C23H23BrN2O5/c1-14(16-10-19(28-2)22(30-4)20(11-16)29-3)26-23(27)15-8-9-21(25-13-15)31-18-7-5-6-17(24)12-18/h5-14H,1-4H3,(H,26,27). The molecule has 3 aromatic rings. The summed E-state index contributed by atoms with van der Waals surface area (Å²) in [5, 5.41) is 2.95. The molecule has 0 saturated heterocycles. The first-order chi connectivity index (χ1) is 14.9. The molecule has 31 heavy (non-hydrogen) atoms. The molecule has 0 fully saturated rings. The number of amides is 1. The van der Waals surface area contributed by atoms with E-state index >= 15 is 0 Å². The highest BCUT2D eigenvalue weighted by atomic mass is 79.9. The van der Waals surface area contributed by atoms with Crippen LogP contribution in [-0.2, 0) is 0 Å². The highest BCUT2D eigenvalue weighted by Gasteiger charge is 2.18. The quantitative estimate of drug-likeness (QED) is 0.474. The highest BCUT2D eigenvalue weighted by molar-refractivity contribution is 9.10. The first-order valence-corrected chi connectivity index (χ1v) is 10.2. The molecule has 1 unspecified atom stereocenters. The number of pyridine rings is 1. The van der Waals surface area contributed by atoms with Crippen LogP contribution in [0.25, 0.3) is 0 Å². The molecule has 3 rings (SSSR count). The molecule has 0 bridgehead atoms. The van der Waals surface area contributed by atoms with Gasteiger partial charge in [0, 0.05) is 16.7 Å². The van der Waals surface area contributed by atoms with Crippen molar-refractivity contribution in [3.05, 3.63) is 70.3 Å². The molecule has 1 heterocycles. The number of hydrogen-bond acceptors (Lipinski definition) is 6. The topological polar surface area (TPSA) is 78.9 Å². The van der Waals surface area contributed by atoms with E-state index in [-0.39, 0.29) is 11.9 Å². The van der Waals surface area contributed by atoms with Crippen LogP contribution in [0.4, 0.5) is 0 Å². The van der Waals surface area contributed by atoms with Gasteiger partial charge in [-0.3, -0.25) is 4.79 Å². The lowest BCUT2D eigenvalue weighted by atomic mass is 10.1. The van der Waals surface area contributed by atoms with Gasteiger partial charge in [0.2, 0.25) is 11.6 Å². The maximum absolute atomic E-state index is 12.7. The lowest BCUT2D eigenvalue weighted by molar-refractivity contribution is 0.0939. The molecule has 1 aromatic heterocycles. The van der Waals surface area contributed by atoms with Crippen molar-refractivity contribution in [2.75, 3.05) is 21.3 Å². The van der Waals surface area contributed by atoms with Gasteiger partial charge in [-0.1, -0.05) is 22.0 Å². The van der Waals surface area contributed by atoms with Crippen LogP contribution in [0.1, 0.15) is 28.9 Å². The van der Waals surface area contributed by atoms with Crippen molar-refractivity contribution in [1.82, 2.24) is 10.3 Å². The van der Waals surface area contributed by atoms with Gasteiger partial charge in [-0.05, 0) is 48.9 Å². The molecule has 1 atom stereocenters. The zero-order valence-corrected chi connectivity index (χ0v) is 19.2. The third-order valence-electron chi connectivity index (χ3n) is 4.55. The van der Waals surface area contributed by atoms with Crippen LogP contribution in [0.3, 0.4) is 0 Å². The second kappa shape index (κ2) is 10.2. The van der Waals surface area contributed by atoms with Crippen molar-refractivity contribution in [2.45, 2.75) is 13.0 Å². The molecule has 0 radical (unpaired) electrons. The van der Waals surface area contributed by atoms with Crippen LogP contribution in [0.15, 0.2) is 59.2 Å². The van der Waals surface area contributed by atoms with Gasteiger partial charge in [0.05, 0.1) is 32.9 Å². The lowest BCUT2D eigenvalue weighted by Gasteiger charge is -2.19. The number of rotatable bonds is 8. The highest BCUT2D eigenvalue weighted by Crippen LogP contribution is 2.39. The SMILES string of the molecule is COc1cc(C(C)NC(=O)c2ccc(Oc3cccc(Br)c3)nc2)cc(OC)c1OC. The van der Waals surface area contributed by atoms with E-state index in [1.54, 1.807) is 45.6 Å². The Labute approximate surface area is 189 Å². The maximum atomic E-state index is 12.7. The largest absolute Gasteiger partial charge is 0.493 e. The van der Waals surface area contributed by atoms with Crippen LogP contribution in [-0.4, -0.2) is 32.2 Å². The van der Waals surface area contributed by atoms with Crippen molar-refractivity contribution in [3.63, 3.8) is 0 Å². The Morgan fingerprint density at radius 1 is 1.00 bits per heavy atom. The molecule has 8 heteroatoms. The van der Waals surface area contributed by atoms with Gasteiger partial charge in [0.1, 0.15) is 5.75 Å². The number of methoxy groups -OCH3 is 3. The molecule has 0 aliphatic rings. The van der Waals surface area contributed by atoms with E-state index in [2.05, 4.69) is 26.2 Å². The first kappa shape index (κ1) is 22.4. The summed E-state index contributed by atoms with van der Waals surface area (Å²) in [6.07, 6.45) is 1.48. The van der Waals surface area contributed by atoms with Crippen LogP contribution in [0.5, 0.6) is 28.9 Å². The van der Waals surface area contributed by atoms with Gasteiger partial charge in [0.15, 0.2) is 11.5 Å². The number of nitrogens with one attached hydrogen (secondary N) is 1. The molecule has 1 amide bonds. The summed E-state index contributed by atoms with van der Waals surface area (Å²) in [7, 11) is 4.64. The summed E-state index contributed by atoms with van der Waals surface area (Å²) >= 11 is 3.40. The second-order valence-corrected chi connectivity index (χ2v) is 7.51. The Bertz CT molecular complexity index is 1030. The first-order valence-electron chi connectivity index (χ1n) is 9.45. The number of benzene rings is 2. The summed E-state index contributed by atoms with van der Waals surface area (Å²) < 4.78 is 22.7. The summed E-state index contributed by atoms with van der Waals surface area (Å²) in [4.78, 5) is 16.9. The molecule has 0 aliphatic heterocycles. The zero-order valence-electron chi connectivity index (χ0n) is 17.6. The van der Waals surface area contributed by atoms with Crippen LogP contribution >= 0.6 is 15.9 Å². The third kappa shape index (κ3) is 5.46. The van der Waals surface area contributed by atoms with Gasteiger partial charge < -0.3 is 24.3 Å². The molecule has 162 valence electrons. The van der Waals surface area contributed by atoms with Gasteiger partial charge in [-0.25, -0.2) is 4.98 Å². The van der Waals surface area contributed by atoms with E-state index in [9.17, 15) is 4.79 Å². The molecule has 7 nitrogen and oxygen atoms in total. The van der Waals surface area contributed by atoms with Crippen molar-refractivity contribution < 1.29 is 23.7 Å². The summed E-state index contributed by atoms with van der Waals surface area (Å²) in [5.41, 5.74) is 1.23. The Hall–Kier alpha value is -3.26. The van der Waals surface area contributed by atoms with Crippen LogP contribution < -0.4 is 24.3 Å². The minimum absolute atomic E-state index is 0.261. The average Bonchev–Trinajstić information content (AvgIpc) is 2.78.